The Bertz CT molecular complexity index is 455. The van der Waals surface area contributed by atoms with Crippen LogP contribution in [0.15, 0.2) is 12.3 Å². The maximum atomic E-state index is 6.02. The minimum absolute atomic E-state index is 0.576. The number of hydrogen-bond donors (Lipinski definition) is 1. The number of anilines is 1. The highest BCUT2D eigenvalue weighted by Crippen LogP contribution is 2.39. The molecule has 0 unspecified atom stereocenters. The van der Waals surface area contributed by atoms with Gasteiger partial charge in [0.05, 0.1) is 21.9 Å². The van der Waals surface area contributed by atoms with Gasteiger partial charge in [0, 0.05) is 12.6 Å². The molecule has 2 N–H and O–H groups in total. The van der Waals surface area contributed by atoms with E-state index in [1.807, 2.05) is 7.05 Å². The Labute approximate surface area is 95.0 Å². The summed E-state index contributed by atoms with van der Waals surface area (Å²) in [6.07, 6.45) is 1.58. The minimum Gasteiger partial charge on any atom is -0.391 e. The van der Waals surface area contributed by atoms with E-state index in [-0.39, 0.29) is 0 Å². The fraction of sp³-hybridized carbons (Fsp3) is 0.125. The highest BCUT2D eigenvalue weighted by atomic mass is 35.5. The zero-order valence-corrected chi connectivity index (χ0v) is 9.62. The van der Waals surface area contributed by atoms with Crippen molar-refractivity contribution in [2.24, 2.45) is 7.05 Å². The molecule has 0 bridgehead atoms. The van der Waals surface area contributed by atoms with Crippen molar-refractivity contribution in [3.8, 4) is 11.3 Å². The monoisotopic (exact) mass is 247 g/mol. The van der Waals surface area contributed by atoms with E-state index >= 15 is 0 Å². The Morgan fingerprint density at radius 2 is 2.21 bits per heavy atom. The molecule has 6 heteroatoms. The summed E-state index contributed by atoms with van der Waals surface area (Å²) in [5.41, 5.74) is 7.28. The van der Waals surface area contributed by atoms with Gasteiger partial charge in [-0.25, -0.2) is 0 Å². The van der Waals surface area contributed by atoms with Gasteiger partial charge in [-0.1, -0.05) is 23.2 Å². The minimum atomic E-state index is 0.576. The maximum absolute atomic E-state index is 6.02. The third-order valence-electron chi connectivity index (χ3n) is 1.86. The van der Waals surface area contributed by atoms with Crippen LogP contribution in [0.2, 0.25) is 9.36 Å². The third-order valence-corrected chi connectivity index (χ3v) is 3.32. The molecule has 3 nitrogen and oxygen atoms in total. The number of aryl methyl sites for hydroxylation is 1. The number of thiophene rings is 1. The molecule has 74 valence electrons. The van der Waals surface area contributed by atoms with E-state index in [1.54, 1.807) is 16.9 Å². The second kappa shape index (κ2) is 3.46. The van der Waals surface area contributed by atoms with Crippen LogP contribution in [-0.4, -0.2) is 9.78 Å². The first-order chi connectivity index (χ1) is 6.59. The molecular weight excluding hydrogens is 241 g/mol. The van der Waals surface area contributed by atoms with Gasteiger partial charge in [-0.05, 0) is 6.07 Å². The number of nitrogens with zero attached hydrogens (tertiary/aromatic N) is 2. The molecule has 2 rings (SSSR count). The Hall–Kier alpha value is -0.710. The van der Waals surface area contributed by atoms with Gasteiger partial charge in [0.2, 0.25) is 0 Å². The van der Waals surface area contributed by atoms with Gasteiger partial charge in [0.15, 0.2) is 0 Å². The molecule has 0 atom stereocenters. The molecule has 0 fully saturated rings. The van der Waals surface area contributed by atoms with Gasteiger partial charge in [-0.3, -0.25) is 4.68 Å². The predicted octanol–water partition coefficient (Wildman–Crippen LogP) is 3.04. The third kappa shape index (κ3) is 1.49. The normalized spacial score (nSPS) is 10.8. The van der Waals surface area contributed by atoms with E-state index in [9.17, 15) is 0 Å². The van der Waals surface area contributed by atoms with Crippen LogP contribution in [0.5, 0.6) is 0 Å². The van der Waals surface area contributed by atoms with E-state index in [0.717, 1.165) is 11.3 Å². The molecule has 0 amide bonds. The number of aromatic nitrogens is 2. The average molecular weight is 248 g/mol. The van der Waals surface area contributed by atoms with Crippen LogP contribution in [0.3, 0.4) is 0 Å². The first-order valence-corrected chi connectivity index (χ1v) is 5.39. The topological polar surface area (TPSA) is 43.8 Å². The van der Waals surface area contributed by atoms with Gasteiger partial charge in [-0.15, -0.1) is 11.3 Å². The number of hydrogen-bond acceptors (Lipinski definition) is 3. The molecule has 0 radical (unpaired) electrons. The van der Waals surface area contributed by atoms with Crippen molar-refractivity contribution in [3.05, 3.63) is 21.6 Å². The summed E-state index contributed by atoms with van der Waals surface area (Å²) >= 11 is 13.3. The lowest BCUT2D eigenvalue weighted by Gasteiger charge is -1.99. The van der Waals surface area contributed by atoms with Gasteiger partial charge in [0.1, 0.15) is 4.34 Å². The van der Waals surface area contributed by atoms with Crippen LogP contribution in [0.1, 0.15) is 0 Å². The van der Waals surface area contributed by atoms with Crippen molar-refractivity contribution in [2.75, 3.05) is 5.73 Å². The van der Waals surface area contributed by atoms with E-state index in [2.05, 4.69) is 5.10 Å². The van der Waals surface area contributed by atoms with E-state index in [0.29, 0.717) is 14.4 Å². The predicted molar refractivity (Wildman–Crippen MR) is 61.0 cm³/mol. The van der Waals surface area contributed by atoms with Crippen LogP contribution >= 0.6 is 34.5 Å². The Balaban J connectivity index is 2.65. The summed E-state index contributed by atoms with van der Waals surface area (Å²) in [5.74, 6) is 0. The smallest absolute Gasteiger partial charge is 0.104 e. The molecule has 0 aromatic carbocycles. The Morgan fingerprint density at radius 3 is 2.64 bits per heavy atom. The molecular formula is C8H7Cl2N3S. The van der Waals surface area contributed by atoms with Gasteiger partial charge < -0.3 is 5.73 Å². The lowest BCUT2D eigenvalue weighted by molar-refractivity contribution is 0.776. The van der Waals surface area contributed by atoms with Crippen LogP contribution in [0.25, 0.3) is 11.3 Å². The number of nitrogens with two attached hydrogens (primary N) is 1. The fourth-order valence-electron chi connectivity index (χ4n) is 1.26. The van der Waals surface area contributed by atoms with Gasteiger partial charge in [-0.2, -0.15) is 5.10 Å². The summed E-state index contributed by atoms with van der Waals surface area (Å²) in [6.45, 7) is 0. The summed E-state index contributed by atoms with van der Waals surface area (Å²) in [4.78, 5) is 0. The number of halogens is 2. The quantitative estimate of drug-likeness (QED) is 0.842. The van der Waals surface area contributed by atoms with Crippen molar-refractivity contribution < 1.29 is 0 Å². The molecule has 0 spiro atoms. The maximum Gasteiger partial charge on any atom is 0.104 e. The molecule has 0 saturated heterocycles. The molecule has 2 heterocycles. The highest BCUT2D eigenvalue weighted by Gasteiger charge is 2.14. The van der Waals surface area contributed by atoms with Crippen LogP contribution < -0.4 is 5.73 Å². The van der Waals surface area contributed by atoms with Gasteiger partial charge in [0.25, 0.3) is 0 Å². The summed E-state index contributed by atoms with van der Waals surface area (Å²) in [5, 5.41) is 5.28. The molecule has 14 heavy (non-hydrogen) atoms. The molecule has 0 aliphatic rings. The lowest BCUT2D eigenvalue weighted by Crippen LogP contribution is -1.92. The van der Waals surface area contributed by atoms with Crippen LogP contribution in [0, 0.1) is 0 Å². The zero-order chi connectivity index (χ0) is 10.3. The fourth-order valence-corrected chi connectivity index (χ4v) is 2.59. The van der Waals surface area contributed by atoms with E-state index in [4.69, 9.17) is 28.9 Å². The van der Waals surface area contributed by atoms with Crippen LogP contribution in [-0.2, 0) is 7.05 Å². The molecule has 0 aliphatic heterocycles. The van der Waals surface area contributed by atoms with Crippen LogP contribution in [0.4, 0.5) is 5.00 Å². The SMILES string of the molecule is Cn1ncc(Cl)c1-c1cc(N)sc1Cl. The Morgan fingerprint density at radius 1 is 1.50 bits per heavy atom. The van der Waals surface area contributed by atoms with Crippen molar-refractivity contribution in [2.45, 2.75) is 0 Å². The molecule has 2 aromatic heterocycles. The van der Waals surface area contributed by atoms with E-state index < -0.39 is 0 Å². The molecule has 0 aliphatic carbocycles. The first-order valence-electron chi connectivity index (χ1n) is 3.82. The van der Waals surface area contributed by atoms with Crippen molar-refractivity contribution in [1.82, 2.24) is 9.78 Å². The number of rotatable bonds is 1. The molecule has 0 saturated carbocycles. The highest BCUT2D eigenvalue weighted by molar-refractivity contribution is 7.20. The largest absolute Gasteiger partial charge is 0.391 e. The average Bonchev–Trinajstić information content (AvgIpc) is 2.57. The van der Waals surface area contributed by atoms with E-state index in [1.165, 1.54) is 11.3 Å². The summed E-state index contributed by atoms with van der Waals surface area (Å²) < 4.78 is 2.31. The van der Waals surface area contributed by atoms with Crippen molar-refractivity contribution in [3.63, 3.8) is 0 Å². The Kier molecular flexibility index (Phi) is 2.43. The number of nitrogen functional groups attached to an aromatic ring is 1. The molecule has 2 aromatic rings. The summed E-state index contributed by atoms with van der Waals surface area (Å²) in [6, 6.07) is 1.80. The van der Waals surface area contributed by atoms with Crippen molar-refractivity contribution >= 4 is 39.5 Å². The zero-order valence-electron chi connectivity index (χ0n) is 7.29. The lowest BCUT2D eigenvalue weighted by atomic mass is 10.2. The van der Waals surface area contributed by atoms with Crippen molar-refractivity contribution in [1.29, 1.82) is 0 Å². The second-order valence-electron chi connectivity index (χ2n) is 2.80. The second-order valence-corrected chi connectivity index (χ2v) is 4.89. The standard InChI is InChI=1S/C8H7Cl2N3S/c1-13-7(5(9)3-12-13)4-2-6(11)14-8(4)10/h2-3H,11H2,1H3. The summed E-state index contributed by atoms with van der Waals surface area (Å²) in [7, 11) is 1.81. The van der Waals surface area contributed by atoms with Gasteiger partial charge >= 0.3 is 0 Å². The first kappa shape index (κ1) is 9.83.